The second kappa shape index (κ2) is 7.15. The first-order valence-electron chi connectivity index (χ1n) is 7.66. The zero-order valence-corrected chi connectivity index (χ0v) is 15.6. The molecule has 1 saturated heterocycles. The number of imide groups is 1. The lowest BCUT2D eigenvalue weighted by molar-refractivity contribution is -0.115. The van der Waals surface area contributed by atoms with Gasteiger partial charge in [0.2, 0.25) is 0 Å². The predicted molar refractivity (Wildman–Crippen MR) is 106 cm³/mol. The van der Waals surface area contributed by atoms with E-state index in [0.717, 1.165) is 38.1 Å². The van der Waals surface area contributed by atoms with Crippen LogP contribution in [0.15, 0.2) is 69.4 Å². The molecule has 128 valence electrons. The van der Waals surface area contributed by atoms with Crippen molar-refractivity contribution in [2.24, 2.45) is 0 Å². The van der Waals surface area contributed by atoms with Crippen molar-refractivity contribution in [2.45, 2.75) is 9.92 Å². The molecule has 0 bridgehead atoms. The third-order valence-electron chi connectivity index (χ3n) is 3.67. The van der Waals surface area contributed by atoms with Crippen LogP contribution in [0.5, 0.6) is 0 Å². The number of halogens is 1. The molecule has 0 unspecified atom stereocenters. The van der Waals surface area contributed by atoms with Crippen molar-refractivity contribution in [3.63, 3.8) is 0 Å². The van der Waals surface area contributed by atoms with E-state index in [9.17, 15) is 9.59 Å². The van der Waals surface area contributed by atoms with Crippen LogP contribution >= 0.6 is 35.1 Å². The first-order valence-corrected chi connectivity index (χ1v) is 9.68. The van der Waals surface area contributed by atoms with Crippen LogP contribution in [0.1, 0.15) is 5.56 Å². The summed E-state index contributed by atoms with van der Waals surface area (Å²) in [4.78, 5) is 29.4. The van der Waals surface area contributed by atoms with Crippen molar-refractivity contribution in [2.75, 3.05) is 0 Å². The van der Waals surface area contributed by atoms with Gasteiger partial charge < -0.3 is 0 Å². The number of pyridine rings is 1. The Morgan fingerprint density at radius 1 is 1.08 bits per heavy atom. The lowest BCUT2D eigenvalue weighted by Crippen LogP contribution is -2.17. The van der Waals surface area contributed by atoms with Gasteiger partial charge in [-0.15, -0.1) is 0 Å². The van der Waals surface area contributed by atoms with Crippen LogP contribution < -0.4 is 5.32 Å². The molecule has 4 nitrogen and oxygen atoms in total. The van der Waals surface area contributed by atoms with E-state index in [0.29, 0.717) is 9.93 Å². The van der Waals surface area contributed by atoms with Gasteiger partial charge in [0.15, 0.2) is 0 Å². The Kier molecular flexibility index (Phi) is 4.72. The number of aromatic nitrogens is 1. The van der Waals surface area contributed by atoms with Gasteiger partial charge in [0, 0.05) is 20.9 Å². The average molecular weight is 399 g/mol. The van der Waals surface area contributed by atoms with Crippen molar-refractivity contribution < 1.29 is 9.59 Å². The molecule has 2 heterocycles. The molecule has 2 aromatic carbocycles. The van der Waals surface area contributed by atoms with E-state index in [2.05, 4.69) is 5.32 Å². The van der Waals surface area contributed by atoms with E-state index >= 15 is 0 Å². The second-order valence-electron chi connectivity index (χ2n) is 5.48. The van der Waals surface area contributed by atoms with Gasteiger partial charge >= 0.3 is 0 Å². The summed E-state index contributed by atoms with van der Waals surface area (Å²) in [5, 5.41) is 4.31. The lowest BCUT2D eigenvalue weighted by Gasteiger charge is -2.08. The van der Waals surface area contributed by atoms with E-state index in [1.807, 2.05) is 54.6 Å². The van der Waals surface area contributed by atoms with Crippen LogP contribution in [0.2, 0.25) is 5.02 Å². The summed E-state index contributed by atoms with van der Waals surface area (Å²) in [6.45, 7) is 0. The smallest absolute Gasteiger partial charge is 0.282 e. The molecule has 7 heteroatoms. The van der Waals surface area contributed by atoms with Crippen LogP contribution in [-0.4, -0.2) is 16.1 Å². The minimum Gasteiger partial charge on any atom is -0.282 e. The third-order valence-corrected chi connectivity index (χ3v) is 5.76. The number of amides is 2. The molecule has 0 radical (unpaired) electrons. The minimum absolute atomic E-state index is 0.359. The molecule has 4 rings (SSSR count). The number of benzene rings is 2. The average Bonchev–Trinajstić information content (AvgIpc) is 2.94. The quantitative estimate of drug-likeness (QED) is 0.601. The highest BCUT2D eigenvalue weighted by atomic mass is 35.5. The Hall–Kier alpha value is -2.28. The number of nitrogens with zero attached hydrogens (tertiary/aromatic N) is 1. The van der Waals surface area contributed by atoms with Gasteiger partial charge in [0.1, 0.15) is 5.03 Å². The lowest BCUT2D eigenvalue weighted by atomic mass is 10.1. The summed E-state index contributed by atoms with van der Waals surface area (Å²) < 4.78 is 0. The Bertz CT molecular complexity index is 1060. The van der Waals surface area contributed by atoms with Crippen LogP contribution in [-0.2, 0) is 4.79 Å². The van der Waals surface area contributed by atoms with Crippen LogP contribution in [0.3, 0.4) is 0 Å². The SMILES string of the molecule is O=C1NC(=O)C(=Cc2cc3ccccc3nc2Sc2ccc(Cl)cc2)S1. The number of rotatable bonds is 3. The Labute approximate surface area is 163 Å². The molecule has 1 aromatic heterocycles. The molecule has 1 N–H and O–H groups in total. The number of fused-ring (bicyclic) bond motifs is 1. The van der Waals surface area contributed by atoms with E-state index in [-0.39, 0.29) is 11.1 Å². The van der Waals surface area contributed by atoms with Crippen molar-refractivity contribution in [1.29, 1.82) is 0 Å². The first kappa shape index (κ1) is 17.1. The number of thioether (sulfide) groups is 1. The van der Waals surface area contributed by atoms with E-state index in [1.54, 1.807) is 6.08 Å². The van der Waals surface area contributed by atoms with Gasteiger partial charge in [-0.3, -0.25) is 14.9 Å². The molecule has 1 aliphatic heterocycles. The van der Waals surface area contributed by atoms with E-state index < -0.39 is 0 Å². The fraction of sp³-hybridized carbons (Fsp3) is 0. The van der Waals surface area contributed by atoms with Gasteiger partial charge in [-0.25, -0.2) is 4.98 Å². The minimum atomic E-state index is -0.379. The van der Waals surface area contributed by atoms with Gasteiger partial charge in [0.05, 0.1) is 10.4 Å². The standard InChI is InChI=1S/C19H11ClN2O2S2/c20-13-5-7-14(8-6-13)25-18-12(10-16-17(23)22-19(24)26-16)9-11-3-1-2-4-15(11)21-18/h1-10H,(H,22,23,24). The first-order chi connectivity index (χ1) is 12.6. The number of para-hydroxylation sites is 1. The van der Waals surface area contributed by atoms with Crippen LogP contribution in [0.4, 0.5) is 4.79 Å². The fourth-order valence-corrected chi connectivity index (χ4v) is 4.15. The number of hydrogen-bond acceptors (Lipinski definition) is 5. The molecule has 0 atom stereocenters. The molecule has 3 aromatic rings. The molecule has 0 spiro atoms. The van der Waals surface area contributed by atoms with Gasteiger partial charge in [-0.1, -0.05) is 41.6 Å². The zero-order chi connectivity index (χ0) is 18.1. The Morgan fingerprint density at radius 3 is 2.58 bits per heavy atom. The third kappa shape index (κ3) is 3.62. The highest BCUT2D eigenvalue weighted by Crippen LogP contribution is 2.34. The summed E-state index contributed by atoms with van der Waals surface area (Å²) >= 11 is 8.33. The number of carbonyl (C=O) groups is 2. The summed E-state index contributed by atoms with van der Waals surface area (Å²) in [6, 6.07) is 17.2. The summed E-state index contributed by atoms with van der Waals surface area (Å²) in [7, 11) is 0. The van der Waals surface area contributed by atoms with Crippen molar-refractivity contribution in [3.05, 3.63) is 70.1 Å². The number of carbonyl (C=O) groups excluding carboxylic acids is 2. The summed E-state index contributed by atoms with van der Waals surface area (Å²) in [6.07, 6.45) is 1.71. The molecule has 1 aliphatic rings. The second-order valence-corrected chi connectivity index (χ2v) is 8.00. The number of hydrogen-bond donors (Lipinski definition) is 1. The Morgan fingerprint density at radius 2 is 1.85 bits per heavy atom. The molecular weight excluding hydrogens is 388 g/mol. The maximum Gasteiger partial charge on any atom is 0.290 e. The Balaban J connectivity index is 1.81. The van der Waals surface area contributed by atoms with Gasteiger partial charge in [0.25, 0.3) is 11.1 Å². The van der Waals surface area contributed by atoms with Crippen LogP contribution in [0, 0.1) is 0 Å². The zero-order valence-electron chi connectivity index (χ0n) is 13.2. The maximum atomic E-state index is 11.9. The highest BCUT2D eigenvalue weighted by Gasteiger charge is 2.25. The highest BCUT2D eigenvalue weighted by molar-refractivity contribution is 8.18. The largest absolute Gasteiger partial charge is 0.290 e. The summed E-state index contributed by atoms with van der Waals surface area (Å²) in [5.74, 6) is -0.379. The molecule has 1 fully saturated rings. The molecule has 0 aliphatic carbocycles. The van der Waals surface area contributed by atoms with Crippen LogP contribution in [0.25, 0.3) is 17.0 Å². The van der Waals surface area contributed by atoms with Crippen molar-refractivity contribution in [3.8, 4) is 0 Å². The predicted octanol–water partition coefficient (Wildman–Crippen LogP) is 5.36. The molecule has 2 amide bonds. The summed E-state index contributed by atoms with van der Waals surface area (Å²) in [5.41, 5.74) is 1.65. The van der Waals surface area contributed by atoms with Gasteiger partial charge in [-0.05, 0) is 54.2 Å². The molecular formula is C19H11ClN2O2S2. The maximum absolute atomic E-state index is 11.9. The van der Waals surface area contributed by atoms with Crippen molar-refractivity contribution >= 4 is 63.3 Å². The molecule has 26 heavy (non-hydrogen) atoms. The van der Waals surface area contributed by atoms with E-state index in [1.165, 1.54) is 11.8 Å². The fourth-order valence-electron chi connectivity index (χ4n) is 2.48. The monoisotopic (exact) mass is 398 g/mol. The number of nitrogens with one attached hydrogen (secondary N) is 1. The van der Waals surface area contributed by atoms with Gasteiger partial charge in [-0.2, -0.15) is 0 Å². The van der Waals surface area contributed by atoms with Crippen molar-refractivity contribution in [1.82, 2.24) is 10.3 Å². The molecule has 0 saturated carbocycles. The normalized spacial score (nSPS) is 15.7. The topological polar surface area (TPSA) is 59.1 Å². The van der Waals surface area contributed by atoms with E-state index in [4.69, 9.17) is 16.6 Å².